The van der Waals surface area contributed by atoms with Crippen LogP contribution in [0.3, 0.4) is 0 Å². The highest BCUT2D eigenvalue weighted by atomic mass is 16.6. The fourth-order valence-corrected chi connectivity index (χ4v) is 4.50. The van der Waals surface area contributed by atoms with Crippen molar-refractivity contribution >= 4 is 0 Å². The van der Waals surface area contributed by atoms with E-state index in [1.807, 2.05) is 0 Å². The zero-order valence-corrected chi connectivity index (χ0v) is 11.8. The molecule has 1 saturated carbocycles. The van der Waals surface area contributed by atoms with Crippen LogP contribution in [-0.4, -0.2) is 35.1 Å². The van der Waals surface area contributed by atoms with E-state index >= 15 is 0 Å². The predicted octanol–water partition coefficient (Wildman–Crippen LogP) is 1.90. The van der Waals surface area contributed by atoms with Crippen LogP contribution in [0, 0.1) is 23.2 Å². The number of fused-ring (bicyclic) bond motifs is 3. The van der Waals surface area contributed by atoms with Gasteiger partial charge < -0.3 is 14.9 Å². The summed E-state index contributed by atoms with van der Waals surface area (Å²) < 4.78 is 6.09. The summed E-state index contributed by atoms with van der Waals surface area (Å²) in [6.45, 7) is 8.46. The lowest BCUT2D eigenvalue weighted by atomic mass is 9.65. The van der Waals surface area contributed by atoms with E-state index in [9.17, 15) is 10.2 Å². The molecule has 0 spiro atoms. The molecule has 0 aromatic heterocycles. The predicted molar refractivity (Wildman–Crippen MR) is 73.5 cm³/mol. The first kappa shape index (κ1) is 13.3. The molecule has 6 atom stereocenters. The van der Waals surface area contributed by atoms with Crippen molar-refractivity contribution in [2.75, 3.05) is 13.2 Å². The van der Waals surface area contributed by atoms with Gasteiger partial charge >= 0.3 is 0 Å². The summed E-state index contributed by atoms with van der Waals surface area (Å²) in [6, 6.07) is 0. The van der Waals surface area contributed by atoms with Gasteiger partial charge in [-0.1, -0.05) is 32.6 Å². The Hall–Kier alpha value is -0.640. The van der Waals surface area contributed by atoms with Crippen LogP contribution in [0.15, 0.2) is 24.3 Å². The largest absolute Gasteiger partial charge is 0.396 e. The Labute approximate surface area is 115 Å². The Balaban J connectivity index is 1.91. The van der Waals surface area contributed by atoms with Crippen LogP contribution in [0.1, 0.15) is 26.7 Å². The molecule has 3 rings (SSSR count). The molecule has 19 heavy (non-hydrogen) atoms. The van der Waals surface area contributed by atoms with Crippen molar-refractivity contribution in [2.45, 2.75) is 38.4 Å². The number of aliphatic hydroxyl groups excluding tert-OH is 2. The fraction of sp³-hybridized carbons (Fsp3) is 0.750. The van der Waals surface area contributed by atoms with Crippen molar-refractivity contribution in [3.63, 3.8) is 0 Å². The fourth-order valence-electron chi connectivity index (χ4n) is 4.50. The van der Waals surface area contributed by atoms with Crippen molar-refractivity contribution in [2.24, 2.45) is 23.2 Å². The van der Waals surface area contributed by atoms with Crippen LogP contribution in [0.25, 0.3) is 0 Å². The summed E-state index contributed by atoms with van der Waals surface area (Å²) in [5.41, 5.74) is 0.582. The van der Waals surface area contributed by atoms with Gasteiger partial charge in [-0.3, -0.25) is 0 Å². The summed E-state index contributed by atoms with van der Waals surface area (Å²) in [5.74, 6) is 0.986. The molecule has 0 amide bonds. The van der Waals surface area contributed by atoms with Gasteiger partial charge in [0.05, 0.1) is 19.3 Å². The summed E-state index contributed by atoms with van der Waals surface area (Å²) in [5, 5.41) is 19.0. The molecular weight excluding hydrogens is 240 g/mol. The highest BCUT2D eigenvalue weighted by molar-refractivity contribution is 5.31. The minimum Gasteiger partial charge on any atom is -0.396 e. The van der Waals surface area contributed by atoms with Gasteiger partial charge in [0, 0.05) is 11.3 Å². The first-order chi connectivity index (χ1) is 9.00. The van der Waals surface area contributed by atoms with Gasteiger partial charge in [-0.15, -0.1) is 0 Å². The lowest BCUT2D eigenvalue weighted by molar-refractivity contribution is 0.0487. The Kier molecular flexibility index (Phi) is 2.93. The van der Waals surface area contributed by atoms with Crippen molar-refractivity contribution < 1.29 is 14.9 Å². The SMILES string of the molecule is C=C(CO)C(CO)[C@]12C[C@@H]3C=CC[C@@H](C)[C@]3(C)[C@H]1O2. The maximum atomic E-state index is 9.69. The molecule has 1 unspecified atom stereocenters. The normalized spacial score (nSPS) is 48.5. The molecule has 2 N–H and O–H groups in total. The summed E-state index contributed by atoms with van der Waals surface area (Å²) in [7, 11) is 0. The second-order valence-electron chi connectivity index (χ2n) is 6.75. The van der Waals surface area contributed by atoms with Gasteiger partial charge in [-0.2, -0.15) is 0 Å². The quantitative estimate of drug-likeness (QED) is 0.602. The molecule has 0 radical (unpaired) electrons. The molecule has 0 aromatic carbocycles. The van der Waals surface area contributed by atoms with E-state index < -0.39 is 0 Å². The number of hydrogen-bond acceptors (Lipinski definition) is 3. The number of hydrogen-bond donors (Lipinski definition) is 2. The monoisotopic (exact) mass is 264 g/mol. The molecule has 0 aromatic rings. The number of epoxide rings is 1. The van der Waals surface area contributed by atoms with Crippen LogP contribution in [0.5, 0.6) is 0 Å². The van der Waals surface area contributed by atoms with Gasteiger partial charge in [0.1, 0.15) is 5.60 Å². The number of rotatable bonds is 4. The molecule has 3 nitrogen and oxygen atoms in total. The van der Waals surface area contributed by atoms with Crippen LogP contribution in [-0.2, 0) is 4.74 Å². The lowest BCUT2D eigenvalue weighted by Crippen LogP contribution is -2.37. The summed E-state index contributed by atoms with van der Waals surface area (Å²) in [6.07, 6.45) is 6.86. The first-order valence-corrected chi connectivity index (χ1v) is 7.24. The molecule has 1 aliphatic heterocycles. The van der Waals surface area contributed by atoms with Crippen molar-refractivity contribution in [1.82, 2.24) is 0 Å². The first-order valence-electron chi connectivity index (χ1n) is 7.24. The number of allylic oxidation sites excluding steroid dienone is 2. The highest BCUT2D eigenvalue weighted by Gasteiger charge is 2.75. The maximum Gasteiger partial charge on any atom is 0.105 e. The molecule has 2 fully saturated rings. The molecule has 106 valence electrons. The molecule has 1 heterocycles. The van der Waals surface area contributed by atoms with Gasteiger partial charge in [-0.05, 0) is 30.3 Å². The molecule has 3 heteroatoms. The standard InChI is InChI=1S/C16H24O3/c1-10(8-17)13(9-18)16-7-12-6-4-5-11(2)15(12,3)14(16)19-16/h4,6,11-14,17-18H,1,5,7-9H2,2-3H3/t11-,12+,13?,14-,15+,16-/m1/s1. The van der Waals surface area contributed by atoms with Gasteiger partial charge in [0.2, 0.25) is 0 Å². The minimum atomic E-state index is -0.281. The number of ether oxygens (including phenoxy) is 1. The second kappa shape index (κ2) is 4.18. The third-order valence-corrected chi connectivity index (χ3v) is 6.01. The topological polar surface area (TPSA) is 53.0 Å². The maximum absolute atomic E-state index is 9.69. The van der Waals surface area contributed by atoms with Crippen molar-refractivity contribution in [3.05, 3.63) is 24.3 Å². The zero-order chi connectivity index (χ0) is 13.8. The van der Waals surface area contributed by atoms with Crippen LogP contribution >= 0.6 is 0 Å². The van der Waals surface area contributed by atoms with Gasteiger partial charge in [0.25, 0.3) is 0 Å². The third kappa shape index (κ3) is 1.55. The van der Waals surface area contributed by atoms with Gasteiger partial charge in [0.15, 0.2) is 0 Å². The van der Waals surface area contributed by atoms with E-state index in [2.05, 4.69) is 32.6 Å². The molecule has 3 aliphatic rings. The highest BCUT2D eigenvalue weighted by Crippen LogP contribution is 2.69. The van der Waals surface area contributed by atoms with E-state index in [-0.39, 0.29) is 36.3 Å². The van der Waals surface area contributed by atoms with Crippen molar-refractivity contribution in [3.8, 4) is 0 Å². The van der Waals surface area contributed by atoms with Crippen LogP contribution < -0.4 is 0 Å². The Bertz CT molecular complexity index is 430. The van der Waals surface area contributed by atoms with E-state index in [1.54, 1.807) is 0 Å². The summed E-state index contributed by atoms with van der Waals surface area (Å²) in [4.78, 5) is 0. The van der Waals surface area contributed by atoms with E-state index in [4.69, 9.17) is 4.74 Å². The third-order valence-electron chi connectivity index (χ3n) is 6.01. The van der Waals surface area contributed by atoms with Gasteiger partial charge in [-0.25, -0.2) is 0 Å². The smallest absolute Gasteiger partial charge is 0.105 e. The molecular formula is C16H24O3. The minimum absolute atomic E-state index is 0.0107. The molecule has 1 saturated heterocycles. The Morgan fingerprint density at radius 3 is 2.84 bits per heavy atom. The Morgan fingerprint density at radius 1 is 1.53 bits per heavy atom. The molecule has 2 aliphatic carbocycles. The van der Waals surface area contributed by atoms with Crippen LogP contribution in [0.4, 0.5) is 0 Å². The lowest BCUT2D eigenvalue weighted by Gasteiger charge is -2.39. The van der Waals surface area contributed by atoms with E-state index in [1.165, 1.54) is 0 Å². The van der Waals surface area contributed by atoms with Crippen molar-refractivity contribution in [1.29, 1.82) is 0 Å². The van der Waals surface area contributed by atoms with Crippen LogP contribution in [0.2, 0.25) is 0 Å². The zero-order valence-electron chi connectivity index (χ0n) is 11.8. The Morgan fingerprint density at radius 2 is 2.26 bits per heavy atom. The summed E-state index contributed by atoms with van der Waals surface area (Å²) >= 11 is 0. The average molecular weight is 264 g/mol. The average Bonchev–Trinajstić information content (AvgIpc) is 3.05. The van der Waals surface area contributed by atoms with E-state index in [0.29, 0.717) is 17.4 Å². The molecule has 0 bridgehead atoms. The second-order valence-corrected chi connectivity index (χ2v) is 6.75. The number of aliphatic hydroxyl groups is 2. The van der Waals surface area contributed by atoms with E-state index in [0.717, 1.165) is 12.8 Å².